The van der Waals surface area contributed by atoms with E-state index in [1.807, 2.05) is 24.3 Å². The van der Waals surface area contributed by atoms with E-state index in [0.29, 0.717) is 35.1 Å². The number of oxime groups is 1. The molecule has 4 N–H and O–H groups in total. The van der Waals surface area contributed by atoms with Crippen LogP contribution in [0.1, 0.15) is 23.6 Å². The summed E-state index contributed by atoms with van der Waals surface area (Å²) in [6.07, 6.45) is -4.16. The number of fused-ring (bicyclic) bond motifs is 2. The summed E-state index contributed by atoms with van der Waals surface area (Å²) in [5.74, 6) is -1.06. The third-order valence-corrected chi connectivity index (χ3v) is 6.56. The van der Waals surface area contributed by atoms with Crippen LogP contribution in [0.3, 0.4) is 0 Å². The lowest BCUT2D eigenvalue weighted by Gasteiger charge is -2.46. The monoisotopic (exact) mass is 493 g/mol. The molecule has 9 nitrogen and oxygen atoms in total. The molecule has 0 radical (unpaired) electrons. The zero-order valence-electron chi connectivity index (χ0n) is 18.8. The van der Waals surface area contributed by atoms with Crippen molar-refractivity contribution in [3.8, 4) is 5.75 Å². The Morgan fingerprint density at radius 2 is 1.88 bits per heavy atom. The van der Waals surface area contributed by atoms with Crippen LogP contribution in [-0.4, -0.2) is 77.0 Å². The summed E-state index contributed by atoms with van der Waals surface area (Å²) < 4.78 is 17.4. The highest BCUT2D eigenvalue weighted by molar-refractivity contribution is 6.31. The average molecular weight is 494 g/mol. The van der Waals surface area contributed by atoms with Gasteiger partial charge >= 0.3 is 0 Å². The van der Waals surface area contributed by atoms with Crippen molar-refractivity contribution in [2.24, 2.45) is 5.16 Å². The average Bonchev–Trinajstić information content (AvgIpc) is 3.23. The minimum Gasteiger partial charge on any atom is -0.488 e. The Kier molecular flexibility index (Phi) is 7.16. The van der Waals surface area contributed by atoms with Gasteiger partial charge in [0.2, 0.25) is 5.79 Å². The highest BCUT2D eigenvalue weighted by atomic mass is 35.5. The molecule has 0 spiro atoms. The molecule has 0 saturated carbocycles. The first-order valence-corrected chi connectivity index (χ1v) is 11.2. The lowest BCUT2D eigenvalue weighted by Crippen LogP contribution is -2.65. The SMILES string of the molecule is CON=C(C)COc1ccc(Cc2cc([C@]34OC[C@](CO)(O3)[C@@H](O)[C@H](O)[C@H]4O)ccc2Cl)cc1. The van der Waals surface area contributed by atoms with Gasteiger partial charge in [-0.2, -0.15) is 0 Å². The van der Waals surface area contributed by atoms with Crippen molar-refractivity contribution >= 4 is 17.3 Å². The van der Waals surface area contributed by atoms with Crippen LogP contribution in [0, 0.1) is 0 Å². The second kappa shape index (κ2) is 9.79. The van der Waals surface area contributed by atoms with Crippen LogP contribution in [0.25, 0.3) is 0 Å². The van der Waals surface area contributed by atoms with Gasteiger partial charge in [0.15, 0.2) is 0 Å². The quantitative estimate of drug-likeness (QED) is 0.320. The molecule has 2 heterocycles. The molecule has 2 aromatic rings. The molecule has 0 aromatic heterocycles. The Labute approximate surface area is 202 Å². The molecular formula is C24H28ClNO8. The van der Waals surface area contributed by atoms with Crippen molar-refractivity contribution in [3.05, 3.63) is 64.2 Å². The molecule has 10 heteroatoms. The number of benzene rings is 2. The van der Waals surface area contributed by atoms with E-state index >= 15 is 0 Å². The Morgan fingerprint density at radius 1 is 1.15 bits per heavy atom. The molecule has 2 aliphatic rings. The second-order valence-electron chi connectivity index (χ2n) is 8.59. The van der Waals surface area contributed by atoms with Crippen LogP contribution in [0.4, 0.5) is 0 Å². The van der Waals surface area contributed by atoms with Crippen LogP contribution in [0.2, 0.25) is 5.02 Å². The number of hydrogen-bond acceptors (Lipinski definition) is 9. The van der Waals surface area contributed by atoms with E-state index in [1.165, 1.54) is 7.11 Å². The van der Waals surface area contributed by atoms with Crippen LogP contribution >= 0.6 is 11.6 Å². The maximum atomic E-state index is 10.7. The standard InChI is InChI=1S/C24H28ClNO8/c1-14(26-31-2)11-32-18-6-3-15(4-7-18)9-16-10-17(5-8-19(16)25)24-22(30)20(28)21(29)23(12-27,34-24)13-33-24/h3-8,10,20-22,27-30H,9,11-13H2,1-2H3/t20-,21-,22+,23-,24-/m0/s1. The van der Waals surface area contributed by atoms with Crippen molar-refractivity contribution < 1.29 is 39.5 Å². The summed E-state index contributed by atoms with van der Waals surface area (Å²) in [7, 11) is 1.48. The van der Waals surface area contributed by atoms with Gasteiger partial charge in [0.1, 0.15) is 43.4 Å². The van der Waals surface area contributed by atoms with Gasteiger partial charge in [0.25, 0.3) is 0 Å². The number of rotatable bonds is 8. The third kappa shape index (κ3) is 4.40. The molecule has 2 aromatic carbocycles. The minimum absolute atomic E-state index is 0.188. The first-order chi connectivity index (χ1) is 16.2. The molecule has 2 bridgehead atoms. The van der Waals surface area contributed by atoms with Gasteiger partial charge in [0, 0.05) is 10.6 Å². The van der Waals surface area contributed by atoms with E-state index < -0.39 is 36.3 Å². The molecule has 34 heavy (non-hydrogen) atoms. The Bertz CT molecular complexity index is 1050. The molecule has 2 fully saturated rings. The third-order valence-electron chi connectivity index (χ3n) is 6.19. The lowest BCUT2D eigenvalue weighted by molar-refractivity contribution is -0.329. The largest absolute Gasteiger partial charge is 0.488 e. The van der Waals surface area contributed by atoms with Gasteiger partial charge in [-0.05, 0) is 48.7 Å². The maximum absolute atomic E-state index is 10.7. The second-order valence-corrected chi connectivity index (χ2v) is 8.99. The summed E-state index contributed by atoms with van der Waals surface area (Å²) in [5, 5.41) is 45.6. The molecule has 0 aliphatic carbocycles. The zero-order chi connectivity index (χ0) is 24.5. The van der Waals surface area contributed by atoms with Crippen LogP contribution < -0.4 is 4.74 Å². The molecule has 2 saturated heterocycles. The van der Waals surface area contributed by atoms with E-state index in [-0.39, 0.29) is 6.61 Å². The fourth-order valence-electron chi connectivity index (χ4n) is 4.30. The summed E-state index contributed by atoms with van der Waals surface area (Å²) in [4.78, 5) is 4.71. The van der Waals surface area contributed by atoms with Gasteiger partial charge < -0.3 is 39.5 Å². The van der Waals surface area contributed by atoms with Crippen molar-refractivity contribution in [2.75, 3.05) is 26.9 Å². The van der Waals surface area contributed by atoms with Crippen LogP contribution in [0.15, 0.2) is 47.6 Å². The number of nitrogens with zero attached hydrogens (tertiary/aromatic N) is 1. The molecule has 4 rings (SSSR count). The van der Waals surface area contributed by atoms with Gasteiger partial charge in [-0.1, -0.05) is 35.0 Å². The van der Waals surface area contributed by atoms with Crippen LogP contribution in [-0.2, 0) is 26.5 Å². The maximum Gasteiger partial charge on any atom is 0.225 e. The van der Waals surface area contributed by atoms with Crippen LogP contribution in [0.5, 0.6) is 5.75 Å². The lowest BCUT2D eigenvalue weighted by atomic mass is 9.83. The fraction of sp³-hybridized carbons (Fsp3) is 0.458. The van der Waals surface area contributed by atoms with Gasteiger partial charge in [0.05, 0.1) is 18.9 Å². The predicted octanol–water partition coefficient (Wildman–Crippen LogP) is 1.36. The summed E-state index contributed by atoms with van der Waals surface area (Å²) >= 11 is 6.45. The van der Waals surface area contributed by atoms with E-state index in [9.17, 15) is 20.4 Å². The topological polar surface area (TPSA) is 130 Å². The van der Waals surface area contributed by atoms with Crippen molar-refractivity contribution in [3.63, 3.8) is 0 Å². The summed E-state index contributed by atoms with van der Waals surface area (Å²) in [6.45, 7) is 1.34. The summed E-state index contributed by atoms with van der Waals surface area (Å²) in [5.41, 5.74) is 1.31. The zero-order valence-corrected chi connectivity index (χ0v) is 19.6. The smallest absolute Gasteiger partial charge is 0.225 e. The van der Waals surface area contributed by atoms with Gasteiger partial charge in [-0.25, -0.2) is 0 Å². The number of ether oxygens (including phenoxy) is 3. The van der Waals surface area contributed by atoms with E-state index in [2.05, 4.69) is 5.16 Å². The van der Waals surface area contributed by atoms with Crippen molar-refractivity contribution in [2.45, 2.75) is 43.0 Å². The van der Waals surface area contributed by atoms with Crippen molar-refractivity contribution in [1.82, 2.24) is 0 Å². The molecule has 2 aliphatic heterocycles. The highest BCUT2D eigenvalue weighted by Crippen LogP contribution is 2.49. The number of hydrogen-bond donors (Lipinski definition) is 4. The minimum atomic E-state index is -1.74. The Balaban J connectivity index is 1.55. The molecule has 0 amide bonds. The molecule has 184 valence electrons. The van der Waals surface area contributed by atoms with Gasteiger partial charge in [-0.3, -0.25) is 0 Å². The predicted molar refractivity (Wildman–Crippen MR) is 123 cm³/mol. The number of aliphatic hydroxyl groups excluding tert-OH is 4. The number of aliphatic hydroxyl groups is 4. The van der Waals surface area contributed by atoms with E-state index in [4.69, 9.17) is 30.6 Å². The summed E-state index contributed by atoms with van der Waals surface area (Å²) in [6, 6.07) is 12.5. The Hall–Kier alpha value is -2.24. The van der Waals surface area contributed by atoms with Gasteiger partial charge in [-0.15, -0.1) is 0 Å². The molecular weight excluding hydrogens is 466 g/mol. The number of halogens is 1. The normalized spacial score (nSPS) is 30.9. The highest BCUT2D eigenvalue weighted by Gasteiger charge is 2.67. The van der Waals surface area contributed by atoms with Crippen molar-refractivity contribution in [1.29, 1.82) is 0 Å². The van der Waals surface area contributed by atoms with E-state index in [0.717, 1.165) is 11.1 Å². The van der Waals surface area contributed by atoms with E-state index in [1.54, 1.807) is 25.1 Å². The first kappa shape index (κ1) is 24.9. The fourth-order valence-corrected chi connectivity index (χ4v) is 4.48. The molecule has 5 atom stereocenters. The molecule has 0 unspecified atom stereocenters. The first-order valence-electron chi connectivity index (χ1n) is 10.8. The Morgan fingerprint density at radius 3 is 2.56 bits per heavy atom.